The monoisotopic (exact) mass is 388 g/mol. The molecule has 0 radical (unpaired) electrons. The molecule has 6 nitrogen and oxygen atoms in total. The van der Waals surface area contributed by atoms with Gasteiger partial charge in [0.15, 0.2) is 17.4 Å². The van der Waals surface area contributed by atoms with Crippen LogP contribution in [0.1, 0.15) is 27.6 Å². The number of rotatable bonds is 6. The Morgan fingerprint density at radius 3 is 2.52 bits per heavy atom. The van der Waals surface area contributed by atoms with Crippen LogP contribution in [-0.2, 0) is 13.2 Å². The van der Waals surface area contributed by atoms with Crippen molar-refractivity contribution in [2.75, 3.05) is 14.1 Å². The van der Waals surface area contributed by atoms with Crippen LogP contribution >= 0.6 is 11.6 Å². The lowest BCUT2D eigenvalue weighted by Gasteiger charge is -2.16. The van der Waals surface area contributed by atoms with Crippen molar-refractivity contribution in [2.45, 2.75) is 13.2 Å². The van der Waals surface area contributed by atoms with E-state index in [1.807, 2.05) is 19.0 Å². The number of hydrogen-bond donors (Lipinski definition) is 1. The van der Waals surface area contributed by atoms with Crippen LogP contribution < -0.4 is 0 Å². The molecule has 3 rings (SSSR count). The largest absolute Gasteiger partial charge is 0.388 e. The molecular weight excluding hydrogens is 371 g/mol. The van der Waals surface area contributed by atoms with E-state index in [1.165, 1.54) is 12.1 Å². The minimum absolute atomic E-state index is 0.109. The SMILES string of the molecule is CN(C)Cc1nnc(CO)n1-c1ccc(F)cc1C(=O)c1ccccc1Cl. The van der Waals surface area contributed by atoms with Crippen molar-refractivity contribution in [3.05, 3.63) is 76.1 Å². The predicted octanol–water partition coefficient (Wildman–Crippen LogP) is 2.84. The first-order valence-electron chi connectivity index (χ1n) is 8.20. The van der Waals surface area contributed by atoms with Crippen LogP contribution in [0, 0.1) is 5.82 Å². The van der Waals surface area contributed by atoms with Crippen molar-refractivity contribution in [1.82, 2.24) is 19.7 Å². The van der Waals surface area contributed by atoms with Crippen molar-refractivity contribution in [3.63, 3.8) is 0 Å². The number of nitrogens with zero attached hydrogens (tertiary/aromatic N) is 4. The summed E-state index contributed by atoms with van der Waals surface area (Å²) in [7, 11) is 3.72. The summed E-state index contributed by atoms with van der Waals surface area (Å²) in [4.78, 5) is 15.0. The maximum absolute atomic E-state index is 14.0. The molecule has 0 spiro atoms. The zero-order valence-corrected chi connectivity index (χ0v) is 15.6. The minimum atomic E-state index is -0.554. The second kappa shape index (κ2) is 7.96. The van der Waals surface area contributed by atoms with E-state index in [0.717, 1.165) is 6.07 Å². The minimum Gasteiger partial charge on any atom is -0.388 e. The smallest absolute Gasteiger partial charge is 0.196 e. The van der Waals surface area contributed by atoms with E-state index < -0.39 is 11.6 Å². The number of carbonyl (C=O) groups excluding carboxylic acids is 1. The third kappa shape index (κ3) is 3.90. The predicted molar refractivity (Wildman–Crippen MR) is 99.5 cm³/mol. The van der Waals surface area contributed by atoms with Gasteiger partial charge in [0.2, 0.25) is 0 Å². The fraction of sp³-hybridized carbons (Fsp3) is 0.211. The van der Waals surface area contributed by atoms with Crippen molar-refractivity contribution in [2.24, 2.45) is 0 Å². The van der Waals surface area contributed by atoms with Crippen molar-refractivity contribution < 1.29 is 14.3 Å². The van der Waals surface area contributed by atoms with Crippen LogP contribution in [0.3, 0.4) is 0 Å². The van der Waals surface area contributed by atoms with Gasteiger partial charge in [0.05, 0.1) is 17.3 Å². The average molecular weight is 389 g/mol. The van der Waals surface area contributed by atoms with Gasteiger partial charge in [-0.1, -0.05) is 23.7 Å². The number of aliphatic hydroxyl groups excluding tert-OH is 1. The summed E-state index contributed by atoms with van der Waals surface area (Å²) in [6.45, 7) is 0.0433. The molecule has 3 aromatic rings. The van der Waals surface area contributed by atoms with E-state index in [0.29, 0.717) is 18.1 Å². The molecule has 140 valence electrons. The van der Waals surface area contributed by atoms with Crippen LogP contribution in [0.15, 0.2) is 42.5 Å². The van der Waals surface area contributed by atoms with Gasteiger partial charge >= 0.3 is 0 Å². The molecule has 27 heavy (non-hydrogen) atoms. The molecule has 1 aromatic heterocycles. The van der Waals surface area contributed by atoms with Crippen molar-refractivity contribution in [1.29, 1.82) is 0 Å². The fourth-order valence-corrected chi connectivity index (χ4v) is 3.02. The maximum Gasteiger partial charge on any atom is 0.196 e. The molecule has 0 bridgehead atoms. The van der Waals surface area contributed by atoms with Crippen LogP contribution in [0.25, 0.3) is 5.69 Å². The second-order valence-electron chi connectivity index (χ2n) is 6.23. The van der Waals surface area contributed by atoms with Gasteiger partial charge in [-0.15, -0.1) is 10.2 Å². The molecule has 0 aliphatic heterocycles. The van der Waals surface area contributed by atoms with Gasteiger partial charge in [-0.05, 0) is 44.4 Å². The molecule has 0 aliphatic rings. The Morgan fingerprint density at radius 1 is 1.15 bits per heavy atom. The zero-order valence-electron chi connectivity index (χ0n) is 14.9. The van der Waals surface area contributed by atoms with E-state index in [4.69, 9.17) is 11.6 Å². The second-order valence-corrected chi connectivity index (χ2v) is 6.64. The highest BCUT2D eigenvalue weighted by Gasteiger charge is 2.22. The Kier molecular flexibility index (Phi) is 5.65. The maximum atomic E-state index is 14.0. The topological polar surface area (TPSA) is 71.2 Å². The van der Waals surface area contributed by atoms with Crippen molar-refractivity contribution >= 4 is 17.4 Å². The molecule has 0 saturated heterocycles. The highest BCUT2D eigenvalue weighted by molar-refractivity contribution is 6.35. The molecule has 1 heterocycles. The third-order valence-corrected chi connectivity index (χ3v) is 4.29. The van der Waals surface area contributed by atoms with Gasteiger partial charge < -0.3 is 10.0 Å². The number of hydrogen-bond acceptors (Lipinski definition) is 5. The van der Waals surface area contributed by atoms with Gasteiger partial charge in [0.25, 0.3) is 0 Å². The Bertz CT molecular complexity index is 988. The van der Waals surface area contributed by atoms with Crippen molar-refractivity contribution in [3.8, 4) is 5.69 Å². The molecule has 0 unspecified atom stereocenters. The summed E-state index contributed by atoms with van der Waals surface area (Å²) in [5.74, 6) is -0.207. The lowest BCUT2D eigenvalue weighted by atomic mass is 10.0. The highest BCUT2D eigenvalue weighted by Crippen LogP contribution is 2.26. The molecule has 2 aromatic carbocycles. The summed E-state index contributed by atoms with van der Waals surface area (Å²) in [6, 6.07) is 10.5. The quantitative estimate of drug-likeness (QED) is 0.657. The summed E-state index contributed by atoms with van der Waals surface area (Å²) in [5.41, 5.74) is 0.753. The third-order valence-electron chi connectivity index (χ3n) is 3.96. The number of aromatic nitrogens is 3. The first-order valence-corrected chi connectivity index (χ1v) is 8.58. The Balaban J connectivity index is 2.21. The van der Waals surface area contributed by atoms with E-state index in [9.17, 15) is 14.3 Å². The van der Waals surface area contributed by atoms with Crippen LogP contribution in [0.4, 0.5) is 4.39 Å². The van der Waals surface area contributed by atoms with E-state index in [-0.39, 0.29) is 28.6 Å². The van der Waals surface area contributed by atoms with Crippen LogP contribution in [-0.4, -0.2) is 44.6 Å². The number of aliphatic hydroxyl groups is 1. The Hall–Kier alpha value is -2.61. The Morgan fingerprint density at radius 2 is 1.85 bits per heavy atom. The molecule has 0 aliphatic carbocycles. The van der Waals surface area contributed by atoms with Gasteiger partial charge in [0, 0.05) is 11.1 Å². The fourth-order valence-electron chi connectivity index (χ4n) is 2.79. The first-order chi connectivity index (χ1) is 12.9. The lowest BCUT2D eigenvalue weighted by molar-refractivity contribution is 0.103. The summed E-state index contributed by atoms with van der Waals surface area (Å²) in [6.07, 6.45) is 0. The van der Waals surface area contributed by atoms with E-state index >= 15 is 0 Å². The van der Waals surface area contributed by atoms with E-state index in [1.54, 1.807) is 28.8 Å². The van der Waals surface area contributed by atoms with Gasteiger partial charge in [0.1, 0.15) is 12.4 Å². The number of halogens is 2. The summed E-state index contributed by atoms with van der Waals surface area (Å²) in [5, 5.41) is 18.0. The molecule has 0 amide bonds. The van der Waals surface area contributed by atoms with Crippen LogP contribution in [0.5, 0.6) is 0 Å². The first kappa shape index (κ1) is 19.2. The van der Waals surface area contributed by atoms with Gasteiger partial charge in [-0.3, -0.25) is 9.36 Å². The summed E-state index contributed by atoms with van der Waals surface area (Å²) < 4.78 is 15.5. The lowest BCUT2D eigenvalue weighted by Crippen LogP contribution is -2.18. The standard InChI is InChI=1S/C19H18ClFN4O2/c1-24(2)10-17-22-23-18(11-26)25(17)16-8-7-12(21)9-14(16)19(27)13-5-3-4-6-15(13)20/h3-9,26H,10-11H2,1-2H3. The number of ketones is 1. The molecule has 0 saturated carbocycles. The number of benzene rings is 2. The van der Waals surface area contributed by atoms with Crippen LogP contribution in [0.2, 0.25) is 5.02 Å². The molecule has 8 heteroatoms. The molecule has 1 N–H and O–H groups in total. The molecule has 0 fully saturated rings. The average Bonchev–Trinajstić information content (AvgIpc) is 3.03. The highest BCUT2D eigenvalue weighted by atomic mass is 35.5. The molecule has 0 atom stereocenters. The summed E-state index contributed by atoms with van der Waals surface area (Å²) >= 11 is 6.15. The zero-order chi connectivity index (χ0) is 19.6. The van der Waals surface area contributed by atoms with Gasteiger partial charge in [-0.25, -0.2) is 4.39 Å². The number of carbonyl (C=O) groups is 1. The normalized spacial score (nSPS) is 11.2. The Labute approximate surface area is 160 Å². The molecular formula is C19H18ClFN4O2. The van der Waals surface area contributed by atoms with Gasteiger partial charge in [-0.2, -0.15) is 0 Å². The van der Waals surface area contributed by atoms with E-state index in [2.05, 4.69) is 10.2 Å².